The van der Waals surface area contributed by atoms with Gasteiger partial charge in [-0.1, -0.05) is 0 Å². The number of rotatable bonds is 3. The number of amides is 1. The van der Waals surface area contributed by atoms with Gasteiger partial charge in [-0.15, -0.1) is 11.3 Å². The van der Waals surface area contributed by atoms with Crippen LogP contribution in [0.15, 0.2) is 11.4 Å². The molecule has 0 unspecified atom stereocenters. The largest absolute Gasteiger partial charge is 0.394 e. The first kappa shape index (κ1) is 10.2. The summed E-state index contributed by atoms with van der Waals surface area (Å²) in [6, 6.07) is 1.65. The summed E-state index contributed by atoms with van der Waals surface area (Å²) in [4.78, 5) is 12.5. The van der Waals surface area contributed by atoms with E-state index in [2.05, 4.69) is 5.32 Å². The van der Waals surface area contributed by atoms with E-state index in [4.69, 9.17) is 5.11 Å². The third-order valence-electron chi connectivity index (χ3n) is 1.64. The molecule has 1 atom stereocenters. The highest BCUT2D eigenvalue weighted by atomic mass is 32.1. The Bertz CT molecular complexity index is 296. The molecule has 1 aromatic heterocycles. The number of carbonyl (C=O) groups is 1. The van der Waals surface area contributed by atoms with E-state index in [-0.39, 0.29) is 18.6 Å². The van der Waals surface area contributed by atoms with Crippen LogP contribution in [0, 0.1) is 6.92 Å². The molecule has 0 bridgehead atoms. The average molecular weight is 199 g/mol. The summed E-state index contributed by atoms with van der Waals surface area (Å²) < 4.78 is 0. The third-order valence-corrected chi connectivity index (χ3v) is 2.51. The van der Waals surface area contributed by atoms with E-state index in [0.717, 1.165) is 4.88 Å². The fourth-order valence-corrected chi connectivity index (χ4v) is 1.60. The van der Waals surface area contributed by atoms with Crippen molar-refractivity contribution in [2.45, 2.75) is 19.9 Å². The van der Waals surface area contributed by atoms with E-state index in [1.165, 1.54) is 0 Å². The highest BCUT2D eigenvalue weighted by Crippen LogP contribution is 2.12. The van der Waals surface area contributed by atoms with E-state index in [9.17, 15) is 4.79 Å². The van der Waals surface area contributed by atoms with Crippen molar-refractivity contribution in [2.24, 2.45) is 0 Å². The standard InChI is InChI=1S/C9H13NO2S/c1-6(4-11)10-9(12)8-3-7(2)13-5-8/h3,5-6,11H,4H2,1-2H3,(H,10,12)/t6-/m0/s1. The van der Waals surface area contributed by atoms with Crippen molar-refractivity contribution in [3.8, 4) is 0 Å². The van der Waals surface area contributed by atoms with Crippen LogP contribution >= 0.6 is 11.3 Å². The van der Waals surface area contributed by atoms with E-state index < -0.39 is 0 Å². The van der Waals surface area contributed by atoms with Crippen LogP contribution in [-0.2, 0) is 0 Å². The van der Waals surface area contributed by atoms with Crippen LogP contribution in [-0.4, -0.2) is 23.7 Å². The van der Waals surface area contributed by atoms with Crippen LogP contribution in [0.5, 0.6) is 0 Å². The summed E-state index contributed by atoms with van der Waals surface area (Å²) in [6.45, 7) is 3.68. The molecule has 0 aliphatic rings. The minimum Gasteiger partial charge on any atom is -0.394 e. The third kappa shape index (κ3) is 2.82. The lowest BCUT2D eigenvalue weighted by molar-refractivity contribution is 0.0922. The van der Waals surface area contributed by atoms with Crippen LogP contribution < -0.4 is 5.32 Å². The summed E-state index contributed by atoms with van der Waals surface area (Å²) >= 11 is 1.54. The highest BCUT2D eigenvalue weighted by molar-refractivity contribution is 7.10. The minimum atomic E-state index is -0.187. The molecule has 13 heavy (non-hydrogen) atoms. The molecule has 1 aromatic rings. The number of aliphatic hydroxyl groups excluding tert-OH is 1. The number of hydrogen-bond acceptors (Lipinski definition) is 3. The second kappa shape index (κ2) is 4.39. The van der Waals surface area contributed by atoms with Gasteiger partial charge in [-0.25, -0.2) is 0 Å². The SMILES string of the molecule is Cc1cc(C(=O)N[C@@H](C)CO)cs1. The molecule has 0 saturated heterocycles. The number of thiophene rings is 1. The molecule has 0 aliphatic heterocycles. The molecule has 3 nitrogen and oxygen atoms in total. The monoisotopic (exact) mass is 199 g/mol. The summed E-state index contributed by atoms with van der Waals surface area (Å²) in [5.41, 5.74) is 0.669. The lowest BCUT2D eigenvalue weighted by atomic mass is 10.2. The molecule has 0 spiro atoms. The van der Waals surface area contributed by atoms with Gasteiger partial charge in [0, 0.05) is 16.3 Å². The zero-order chi connectivity index (χ0) is 9.84. The van der Waals surface area contributed by atoms with Gasteiger partial charge in [0.05, 0.1) is 12.2 Å². The molecule has 72 valence electrons. The van der Waals surface area contributed by atoms with Gasteiger partial charge in [0.15, 0.2) is 0 Å². The molecule has 0 radical (unpaired) electrons. The Balaban J connectivity index is 2.58. The summed E-state index contributed by atoms with van der Waals surface area (Å²) in [5.74, 6) is -0.120. The van der Waals surface area contributed by atoms with Gasteiger partial charge in [-0.2, -0.15) is 0 Å². The Morgan fingerprint density at radius 3 is 2.92 bits per heavy atom. The van der Waals surface area contributed by atoms with Gasteiger partial charge in [0.25, 0.3) is 5.91 Å². The average Bonchev–Trinajstić information content (AvgIpc) is 2.51. The summed E-state index contributed by atoms with van der Waals surface area (Å²) in [5, 5.41) is 13.2. The lowest BCUT2D eigenvalue weighted by Gasteiger charge is -2.08. The quantitative estimate of drug-likeness (QED) is 0.767. The van der Waals surface area contributed by atoms with Gasteiger partial charge >= 0.3 is 0 Å². The molecule has 0 fully saturated rings. The fourth-order valence-electron chi connectivity index (χ4n) is 0.915. The second-order valence-electron chi connectivity index (χ2n) is 3.00. The number of aliphatic hydroxyl groups is 1. The van der Waals surface area contributed by atoms with Crippen LogP contribution in [0.4, 0.5) is 0 Å². The van der Waals surface area contributed by atoms with Gasteiger partial charge in [0.2, 0.25) is 0 Å². The van der Waals surface area contributed by atoms with Crippen molar-refractivity contribution in [2.75, 3.05) is 6.61 Å². The van der Waals surface area contributed by atoms with Crippen molar-refractivity contribution in [3.05, 3.63) is 21.9 Å². The molecular formula is C9H13NO2S. The molecular weight excluding hydrogens is 186 g/mol. The maximum Gasteiger partial charge on any atom is 0.252 e. The first-order valence-electron chi connectivity index (χ1n) is 4.10. The molecule has 1 heterocycles. The van der Waals surface area contributed by atoms with E-state index in [0.29, 0.717) is 5.56 Å². The Morgan fingerprint density at radius 2 is 2.46 bits per heavy atom. The number of nitrogens with one attached hydrogen (secondary N) is 1. The normalized spacial score (nSPS) is 12.5. The predicted octanol–water partition coefficient (Wildman–Crippen LogP) is 1.17. The Labute approximate surface area is 81.4 Å². The highest BCUT2D eigenvalue weighted by Gasteiger charge is 2.09. The fraction of sp³-hybridized carbons (Fsp3) is 0.444. The van der Waals surface area contributed by atoms with Crippen LogP contribution in [0.1, 0.15) is 22.2 Å². The van der Waals surface area contributed by atoms with Crippen molar-refractivity contribution in [1.29, 1.82) is 0 Å². The lowest BCUT2D eigenvalue weighted by Crippen LogP contribution is -2.34. The smallest absolute Gasteiger partial charge is 0.252 e. The first-order valence-corrected chi connectivity index (χ1v) is 4.98. The Hall–Kier alpha value is -0.870. The first-order chi connectivity index (χ1) is 6.13. The van der Waals surface area contributed by atoms with Crippen molar-refractivity contribution >= 4 is 17.2 Å². The van der Waals surface area contributed by atoms with Crippen LogP contribution in [0.2, 0.25) is 0 Å². The maximum atomic E-state index is 11.4. The van der Waals surface area contributed by atoms with Gasteiger partial charge in [0.1, 0.15) is 0 Å². The van der Waals surface area contributed by atoms with Crippen LogP contribution in [0.25, 0.3) is 0 Å². The molecule has 2 N–H and O–H groups in total. The zero-order valence-electron chi connectivity index (χ0n) is 7.70. The second-order valence-corrected chi connectivity index (χ2v) is 4.12. The number of carbonyl (C=O) groups excluding carboxylic acids is 1. The van der Waals surface area contributed by atoms with Gasteiger partial charge in [-0.05, 0) is 19.9 Å². The topological polar surface area (TPSA) is 49.3 Å². The van der Waals surface area contributed by atoms with Crippen molar-refractivity contribution in [1.82, 2.24) is 5.32 Å². The van der Waals surface area contributed by atoms with Crippen molar-refractivity contribution in [3.63, 3.8) is 0 Å². The molecule has 0 aromatic carbocycles. The zero-order valence-corrected chi connectivity index (χ0v) is 8.52. The molecule has 0 saturated carbocycles. The van der Waals surface area contributed by atoms with E-state index >= 15 is 0 Å². The summed E-state index contributed by atoms with van der Waals surface area (Å²) in [7, 11) is 0. The number of hydrogen-bond donors (Lipinski definition) is 2. The molecule has 1 rings (SSSR count). The van der Waals surface area contributed by atoms with Crippen molar-refractivity contribution < 1.29 is 9.90 Å². The van der Waals surface area contributed by atoms with E-state index in [1.807, 2.05) is 18.4 Å². The minimum absolute atomic E-state index is 0.0329. The Kier molecular flexibility index (Phi) is 3.45. The maximum absolute atomic E-state index is 11.4. The van der Waals surface area contributed by atoms with Gasteiger partial charge in [-0.3, -0.25) is 4.79 Å². The van der Waals surface area contributed by atoms with Gasteiger partial charge < -0.3 is 10.4 Å². The Morgan fingerprint density at radius 1 is 1.77 bits per heavy atom. The summed E-state index contributed by atoms with van der Waals surface area (Å²) in [6.07, 6.45) is 0. The number of aryl methyl sites for hydroxylation is 1. The van der Waals surface area contributed by atoms with Crippen LogP contribution in [0.3, 0.4) is 0 Å². The van der Waals surface area contributed by atoms with E-state index in [1.54, 1.807) is 18.3 Å². The predicted molar refractivity (Wildman–Crippen MR) is 53.1 cm³/mol. The molecule has 4 heteroatoms. The molecule has 0 aliphatic carbocycles. The molecule has 1 amide bonds.